The van der Waals surface area contributed by atoms with Crippen molar-refractivity contribution in [1.29, 1.82) is 0 Å². The van der Waals surface area contributed by atoms with E-state index in [1.165, 1.54) is 6.92 Å². The quantitative estimate of drug-likeness (QED) is 0.591. The van der Waals surface area contributed by atoms with Crippen molar-refractivity contribution >= 4 is 29.8 Å². The van der Waals surface area contributed by atoms with Gasteiger partial charge in [-0.05, 0) is 6.92 Å². The van der Waals surface area contributed by atoms with Crippen LogP contribution in [0.5, 0.6) is 0 Å². The van der Waals surface area contributed by atoms with Crippen molar-refractivity contribution in [2.45, 2.75) is 12.2 Å². The first kappa shape index (κ1) is 11.2. The number of hydrogen-bond donors (Lipinski definition) is 0. The number of halogens is 1. The third kappa shape index (κ3) is 2.55. The van der Waals surface area contributed by atoms with Gasteiger partial charge in [-0.2, -0.15) is 12.7 Å². The van der Waals surface area contributed by atoms with Crippen LogP contribution in [-0.4, -0.2) is 45.2 Å². The Hall–Kier alpha value is 0.150. The van der Waals surface area contributed by atoms with E-state index in [9.17, 15) is 16.8 Å². The lowest BCUT2D eigenvalue weighted by Gasteiger charge is -2.27. The molecule has 0 spiro atoms. The van der Waals surface area contributed by atoms with Crippen LogP contribution < -0.4 is 0 Å². The summed E-state index contributed by atoms with van der Waals surface area (Å²) in [5.41, 5.74) is 0. The van der Waals surface area contributed by atoms with Crippen LogP contribution in [0.3, 0.4) is 0 Å². The first-order valence-electron chi connectivity index (χ1n) is 3.65. The van der Waals surface area contributed by atoms with Gasteiger partial charge in [0.2, 0.25) is 0 Å². The van der Waals surface area contributed by atoms with Gasteiger partial charge in [0.15, 0.2) is 9.84 Å². The fourth-order valence-corrected chi connectivity index (χ4v) is 3.70. The molecule has 0 N–H and O–H groups in total. The Morgan fingerprint density at radius 3 is 2.38 bits per heavy atom. The highest BCUT2D eigenvalue weighted by molar-refractivity contribution is 8.11. The molecule has 1 saturated heterocycles. The minimum atomic E-state index is -3.77. The third-order valence-corrected chi connectivity index (χ3v) is 5.67. The van der Waals surface area contributed by atoms with Gasteiger partial charge >= 0.3 is 0 Å². The molecule has 1 aliphatic heterocycles. The van der Waals surface area contributed by atoms with Crippen molar-refractivity contribution in [2.75, 3.05) is 18.8 Å². The Labute approximate surface area is 82.1 Å². The molecule has 8 heteroatoms. The van der Waals surface area contributed by atoms with Gasteiger partial charge in [-0.3, -0.25) is 0 Å². The molecule has 0 amide bonds. The van der Waals surface area contributed by atoms with Crippen LogP contribution in [0.1, 0.15) is 6.92 Å². The Morgan fingerprint density at radius 2 is 2.00 bits per heavy atom. The second kappa shape index (κ2) is 3.38. The molecule has 0 bridgehead atoms. The van der Waals surface area contributed by atoms with Gasteiger partial charge in [-0.25, -0.2) is 8.42 Å². The molecule has 1 rings (SSSR count). The summed E-state index contributed by atoms with van der Waals surface area (Å²) in [7, 11) is -1.81. The zero-order valence-electron chi connectivity index (χ0n) is 6.97. The molecule has 1 aliphatic rings. The fourth-order valence-electron chi connectivity index (χ4n) is 1.12. The second-order valence-corrected chi connectivity index (χ2v) is 8.03. The highest BCUT2D eigenvalue weighted by Crippen LogP contribution is 2.16. The molecule has 13 heavy (non-hydrogen) atoms. The van der Waals surface area contributed by atoms with Crippen molar-refractivity contribution < 1.29 is 16.8 Å². The molecule has 1 heterocycles. The van der Waals surface area contributed by atoms with Crippen molar-refractivity contribution in [2.24, 2.45) is 0 Å². The lowest BCUT2D eigenvalue weighted by atomic mass is 10.4. The third-order valence-electron chi connectivity index (χ3n) is 2.01. The summed E-state index contributed by atoms with van der Waals surface area (Å²) >= 11 is 0. The maximum Gasteiger partial charge on any atom is 0.299 e. The van der Waals surface area contributed by atoms with E-state index in [1.54, 1.807) is 0 Å². The topological polar surface area (TPSA) is 71.5 Å². The van der Waals surface area contributed by atoms with Crippen molar-refractivity contribution in [3.63, 3.8) is 0 Å². The van der Waals surface area contributed by atoms with E-state index in [4.69, 9.17) is 10.7 Å². The van der Waals surface area contributed by atoms with Crippen LogP contribution in [0.15, 0.2) is 0 Å². The van der Waals surface area contributed by atoms with E-state index in [1.807, 2.05) is 0 Å². The van der Waals surface area contributed by atoms with Crippen LogP contribution in [0.2, 0.25) is 0 Å². The van der Waals surface area contributed by atoms with Gasteiger partial charge in [0.25, 0.3) is 9.24 Å². The molecule has 0 aromatic rings. The molecule has 0 saturated carbocycles. The molecular formula is C5H10ClNO4S2. The van der Waals surface area contributed by atoms with Gasteiger partial charge in [0, 0.05) is 23.8 Å². The largest absolute Gasteiger partial charge is 0.299 e. The highest BCUT2D eigenvalue weighted by atomic mass is 35.7. The normalized spacial score (nSPS) is 30.2. The van der Waals surface area contributed by atoms with Gasteiger partial charge < -0.3 is 0 Å². The summed E-state index contributed by atoms with van der Waals surface area (Å²) in [4.78, 5) is 0. The number of rotatable bonds is 1. The number of nitrogens with zero attached hydrogens (tertiary/aromatic N) is 1. The lowest BCUT2D eigenvalue weighted by Crippen LogP contribution is -2.46. The molecule has 0 aromatic carbocycles. The first-order chi connectivity index (χ1) is 5.73. The molecule has 0 aromatic heterocycles. The van der Waals surface area contributed by atoms with Gasteiger partial charge in [0.05, 0.1) is 11.0 Å². The average Bonchev–Trinajstić information content (AvgIpc) is 1.92. The molecule has 5 nitrogen and oxygen atoms in total. The van der Waals surface area contributed by atoms with Crippen molar-refractivity contribution in [3.05, 3.63) is 0 Å². The Morgan fingerprint density at radius 1 is 1.46 bits per heavy atom. The zero-order valence-corrected chi connectivity index (χ0v) is 9.36. The predicted octanol–water partition coefficient (Wildman–Crippen LogP) is -0.411. The fraction of sp³-hybridized carbons (Fsp3) is 1.00. The van der Waals surface area contributed by atoms with E-state index < -0.39 is 24.3 Å². The minimum absolute atomic E-state index is 0.0431. The van der Waals surface area contributed by atoms with Crippen molar-refractivity contribution in [1.82, 2.24) is 4.31 Å². The molecule has 0 unspecified atom stereocenters. The number of hydrogen-bond acceptors (Lipinski definition) is 4. The van der Waals surface area contributed by atoms with Crippen LogP contribution >= 0.6 is 10.7 Å². The van der Waals surface area contributed by atoms with E-state index in [0.717, 1.165) is 4.31 Å². The maximum absolute atomic E-state index is 11.2. The summed E-state index contributed by atoms with van der Waals surface area (Å²) in [5, 5.41) is -0.672. The first-order valence-corrected chi connectivity index (χ1v) is 7.63. The summed E-state index contributed by atoms with van der Waals surface area (Å²) in [6.45, 7) is 1.39. The standard InChI is InChI=1S/C5H10ClNO4S2/c1-5-4-7(13(6,10)11)2-3-12(5,8)9/h5H,2-4H2,1H3/t5-/m0/s1. The SMILES string of the molecule is C[C@H]1CN(S(=O)(=O)Cl)CCS1(=O)=O. The number of sulfone groups is 1. The Kier molecular flexibility index (Phi) is 2.92. The van der Waals surface area contributed by atoms with E-state index >= 15 is 0 Å². The summed E-state index contributed by atoms with van der Waals surface area (Å²) in [6, 6.07) is 0. The Balaban J connectivity index is 2.85. The average molecular weight is 248 g/mol. The molecule has 0 aliphatic carbocycles. The van der Waals surface area contributed by atoms with Gasteiger partial charge in [-0.15, -0.1) is 0 Å². The molecular weight excluding hydrogens is 238 g/mol. The highest BCUT2D eigenvalue weighted by Gasteiger charge is 2.34. The van der Waals surface area contributed by atoms with Crippen LogP contribution in [0, 0.1) is 0 Å². The van der Waals surface area contributed by atoms with Crippen molar-refractivity contribution in [3.8, 4) is 0 Å². The molecule has 0 radical (unpaired) electrons. The molecule has 78 valence electrons. The lowest BCUT2D eigenvalue weighted by molar-refractivity contribution is 0.416. The molecule has 1 fully saturated rings. The molecule has 1 atom stereocenters. The van der Waals surface area contributed by atoms with Crippen LogP contribution in [0.4, 0.5) is 0 Å². The Bertz CT molecular complexity index is 387. The van der Waals surface area contributed by atoms with E-state index in [-0.39, 0.29) is 18.8 Å². The monoisotopic (exact) mass is 247 g/mol. The van der Waals surface area contributed by atoms with E-state index in [2.05, 4.69) is 0 Å². The van der Waals surface area contributed by atoms with Gasteiger partial charge in [0.1, 0.15) is 0 Å². The van der Waals surface area contributed by atoms with Crippen LogP contribution in [0.25, 0.3) is 0 Å². The predicted molar refractivity (Wildman–Crippen MR) is 49.6 cm³/mol. The summed E-state index contributed by atoms with van der Waals surface area (Å²) in [6.07, 6.45) is 0. The summed E-state index contributed by atoms with van der Waals surface area (Å²) in [5.74, 6) is -0.153. The second-order valence-electron chi connectivity index (χ2n) is 2.98. The zero-order chi connectivity index (χ0) is 10.3. The minimum Gasteiger partial charge on any atom is -0.228 e. The van der Waals surface area contributed by atoms with Crippen LogP contribution in [-0.2, 0) is 19.1 Å². The van der Waals surface area contributed by atoms with E-state index in [0.29, 0.717) is 0 Å². The smallest absolute Gasteiger partial charge is 0.228 e. The summed E-state index contributed by atoms with van der Waals surface area (Å²) < 4.78 is 45.0. The maximum atomic E-state index is 11.2. The van der Waals surface area contributed by atoms with Gasteiger partial charge in [-0.1, -0.05) is 0 Å².